The summed E-state index contributed by atoms with van der Waals surface area (Å²) in [6.07, 6.45) is -4.94. The Kier molecular flexibility index (Phi) is 3.64. The minimum atomic E-state index is -4.94. The number of benzene rings is 2. The lowest BCUT2D eigenvalue weighted by Crippen LogP contribution is -2.19. The number of hydrogen-bond donors (Lipinski definition) is 0. The summed E-state index contributed by atoms with van der Waals surface area (Å²) in [5.74, 6) is -1.94. The molecule has 0 spiro atoms. The Bertz CT molecular complexity index is 1050. The molecule has 4 rings (SSSR count). The second-order valence-corrected chi connectivity index (χ2v) is 5.61. The van der Waals surface area contributed by atoms with E-state index in [0.717, 1.165) is 24.3 Å². The second kappa shape index (κ2) is 5.76. The summed E-state index contributed by atoms with van der Waals surface area (Å²) in [6.45, 7) is 0.361. The van der Waals surface area contributed by atoms with Gasteiger partial charge in [0, 0.05) is 0 Å². The Balaban J connectivity index is 2.10. The van der Waals surface area contributed by atoms with E-state index in [1.54, 1.807) is 0 Å². The molecule has 0 fully saturated rings. The molecule has 0 saturated heterocycles. The smallest absolute Gasteiger partial charge is 0.450 e. The van der Waals surface area contributed by atoms with Crippen LogP contribution in [0.2, 0.25) is 0 Å². The van der Waals surface area contributed by atoms with Crippen LogP contribution in [0, 0.1) is 5.82 Å². The average Bonchev–Trinajstić information content (AvgIpc) is 2.61. The van der Waals surface area contributed by atoms with Crippen molar-refractivity contribution < 1.29 is 31.5 Å². The third-order valence-corrected chi connectivity index (χ3v) is 3.96. The predicted octanol–water partition coefficient (Wildman–Crippen LogP) is 4.39. The summed E-state index contributed by atoms with van der Waals surface area (Å²) in [5, 5.41) is -0.0819. The van der Waals surface area contributed by atoms with Crippen LogP contribution >= 0.6 is 0 Å². The maximum Gasteiger partial charge on any atom is 0.450 e. The van der Waals surface area contributed by atoms with Crippen LogP contribution in [0.1, 0.15) is 5.76 Å². The van der Waals surface area contributed by atoms with Gasteiger partial charge >= 0.3 is 6.18 Å². The van der Waals surface area contributed by atoms with Gasteiger partial charge in [-0.3, -0.25) is 4.79 Å². The summed E-state index contributed by atoms with van der Waals surface area (Å²) < 4.78 is 69.6. The number of halogens is 4. The molecule has 134 valence electrons. The second-order valence-electron chi connectivity index (χ2n) is 5.61. The lowest BCUT2D eigenvalue weighted by Gasteiger charge is -2.20. The van der Waals surface area contributed by atoms with Crippen molar-refractivity contribution in [3.63, 3.8) is 0 Å². The van der Waals surface area contributed by atoms with E-state index in [9.17, 15) is 22.4 Å². The number of fused-ring (bicyclic) bond motifs is 3. The van der Waals surface area contributed by atoms with Gasteiger partial charge in [-0.25, -0.2) is 4.39 Å². The molecule has 1 aliphatic heterocycles. The van der Waals surface area contributed by atoms with E-state index in [2.05, 4.69) is 0 Å². The average molecular weight is 366 g/mol. The molecule has 4 nitrogen and oxygen atoms in total. The van der Waals surface area contributed by atoms with E-state index < -0.39 is 28.7 Å². The fourth-order valence-corrected chi connectivity index (χ4v) is 2.84. The summed E-state index contributed by atoms with van der Waals surface area (Å²) in [7, 11) is 0. The Morgan fingerprint density at radius 2 is 1.62 bits per heavy atom. The first-order valence-corrected chi connectivity index (χ1v) is 7.59. The molecule has 3 aromatic rings. The highest BCUT2D eigenvalue weighted by atomic mass is 19.4. The van der Waals surface area contributed by atoms with Gasteiger partial charge in [-0.05, 0) is 29.8 Å². The quantitative estimate of drug-likeness (QED) is 0.600. The topological polar surface area (TPSA) is 48.7 Å². The summed E-state index contributed by atoms with van der Waals surface area (Å²) >= 11 is 0. The standard InChI is InChI=1S/C18H10F4O4/c19-10-3-1-9(2-4-10)13-14(23)11-5-6-12-16(25-8-7-24-12)15(11)26-17(13)18(20,21)22/h1-6H,7-8H2. The number of alkyl halides is 3. The van der Waals surface area contributed by atoms with Crippen LogP contribution in [0.4, 0.5) is 17.6 Å². The van der Waals surface area contributed by atoms with Crippen LogP contribution in [0.5, 0.6) is 11.5 Å². The van der Waals surface area contributed by atoms with Crippen LogP contribution < -0.4 is 14.9 Å². The molecule has 0 radical (unpaired) electrons. The van der Waals surface area contributed by atoms with E-state index >= 15 is 0 Å². The molecule has 2 heterocycles. The van der Waals surface area contributed by atoms with Crippen molar-refractivity contribution in [3.05, 3.63) is 58.2 Å². The highest BCUT2D eigenvalue weighted by Crippen LogP contribution is 2.42. The fraction of sp³-hybridized carbons (Fsp3) is 0.167. The van der Waals surface area contributed by atoms with Crippen molar-refractivity contribution >= 4 is 11.0 Å². The highest BCUT2D eigenvalue weighted by Gasteiger charge is 2.40. The van der Waals surface area contributed by atoms with Gasteiger partial charge in [-0.1, -0.05) is 12.1 Å². The molecule has 0 bridgehead atoms. The normalized spacial score (nSPS) is 13.8. The third-order valence-electron chi connectivity index (χ3n) is 3.96. The Hall–Kier alpha value is -3.03. The SMILES string of the molecule is O=c1c(-c2ccc(F)cc2)c(C(F)(F)F)oc2c3c(ccc12)OCCO3. The lowest BCUT2D eigenvalue weighted by atomic mass is 10.0. The summed E-state index contributed by atoms with van der Waals surface area (Å²) in [5.41, 5.74) is -1.99. The number of hydrogen-bond acceptors (Lipinski definition) is 4. The molecule has 0 saturated carbocycles. The number of ether oxygens (including phenoxy) is 2. The minimum Gasteiger partial charge on any atom is -0.486 e. The molecule has 0 aliphatic carbocycles. The van der Waals surface area contributed by atoms with Gasteiger partial charge in [0.2, 0.25) is 16.9 Å². The van der Waals surface area contributed by atoms with Gasteiger partial charge < -0.3 is 13.9 Å². The minimum absolute atomic E-state index is 0.0398. The van der Waals surface area contributed by atoms with Crippen LogP contribution in [-0.2, 0) is 6.18 Å². The monoisotopic (exact) mass is 366 g/mol. The van der Waals surface area contributed by atoms with Crippen molar-refractivity contribution in [1.82, 2.24) is 0 Å². The zero-order valence-corrected chi connectivity index (χ0v) is 13.0. The molecule has 0 atom stereocenters. The van der Waals surface area contributed by atoms with Crippen LogP contribution in [0.3, 0.4) is 0 Å². The van der Waals surface area contributed by atoms with E-state index in [4.69, 9.17) is 13.9 Å². The van der Waals surface area contributed by atoms with E-state index in [1.807, 2.05) is 0 Å². The molecule has 1 aliphatic rings. The van der Waals surface area contributed by atoms with Gasteiger partial charge in [0.15, 0.2) is 11.3 Å². The zero-order valence-electron chi connectivity index (χ0n) is 13.0. The first-order chi connectivity index (χ1) is 12.4. The van der Waals surface area contributed by atoms with Crippen molar-refractivity contribution in [2.75, 3.05) is 13.2 Å². The summed E-state index contributed by atoms with van der Waals surface area (Å²) in [6, 6.07) is 6.91. The Morgan fingerprint density at radius 3 is 2.31 bits per heavy atom. The molecular weight excluding hydrogens is 356 g/mol. The Labute approximate surface area is 143 Å². The highest BCUT2D eigenvalue weighted by molar-refractivity contribution is 5.89. The first kappa shape index (κ1) is 16.4. The van der Waals surface area contributed by atoms with Crippen molar-refractivity contribution in [2.24, 2.45) is 0 Å². The maximum absolute atomic E-state index is 13.6. The lowest BCUT2D eigenvalue weighted by molar-refractivity contribution is -0.152. The first-order valence-electron chi connectivity index (χ1n) is 7.59. The van der Waals surface area contributed by atoms with Crippen molar-refractivity contribution in [3.8, 4) is 22.6 Å². The molecule has 0 N–H and O–H groups in total. The molecule has 1 aromatic heterocycles. The van der Waals surface area contributed by atoms with Gasteiger partial charge in [-0.15, -0.1) is 0 Å². The zero-order chi connectivity index (χ0) is 18.5. The summed E-state index contributed by atoms with van der Waals surface area (Å²) in [4.78, 5) is 12.8. The fourth-order valence-electron chi connectivity index (χ4n) is 2.84. The Morgan fingerprint density at radius 1 is 0.923 bits per heavy atom. The number of rotatable bonds is 1. The molecule has 8 heteroatoms. The molecular formula is C18H10F4O4. The van der Waals surface area contributed by atoms with Gasteiger partial charge in [0.05, 0.1) is 10.9 Å². The molecule has 0 unspecified atom stereocenters. The predicted molar refractivity (Wildman–Crippen MR) is 83.9 cm³/mol. The van der Waals surface area contributed by atoms with Gasteiger partial charge in [-0.2, -0.15) is 13.2 Å². The van der Waals surface area contributed by atoms with E-state index in [0.29, 0.717) is 0 Å². The van der Waals surface area contributed by atoms with Crippen molar-refractivity contribution in [1.29, 1.82) is 0 Å². The molecule has 26 heavy (non-hydrogen) atoms. The van der Waals surface area contributed by atoms with E-state index in [-0.39, 0.29) is 41.2 Å². The molecule has 0 amide bonds. The van der Waals surface area contributed by atoms with Gasteiger partial charge in [0.1, 0.15) is 19.0 Å². The molecule has 2 aromatic carbocycles. The van der Waals surface area contributed by atoms with Gasteiger partial charge in [0.25, 0.3) is 0 Å². The maximum atomic E-state index is 13.6. The van der Waals surface area contributed by atoms with Crippen LogP contribution in [0.25, 0.3) is 22.1 Å². The van der Waals surface area contributed by atoms with Crippen molar-refractivity contribution in [2.45, 2.75) is 6.18 Å². The largest absolute Gasteiger partial charge is 0.486 e. The van der Waals surface area contributed by atoms with Crippen LogP contribution in [-0.4, -0.2) is 13.2 Å². The van der Waals surface area contributed by atoms with Crippen LogP contribution in [0.15, 0.2) is 45.6 Å². The van der Waals surface area contributed by atoms with E-state index in [1.165, 1.54) is 12.1 Å². The third kappa shape index (κ3) is 2.58.